The van der Waals surface area contributed by atoms with Crippen molar-refractivity contribution in [1.29, 1.82) is 0 Å². The fourth-order valence-corrected chi connectivity index (χ4v) is 5.15. The Kier molecular flexibility index (Phi) is 6.08. The number of primary sulfonamides is 1. The van der Waals surface area contributed by atoms with Crippen LogP contribution in [-0.4, -0.2) is 44.4 Å². The van der Waals surface area contributed by atoms with Crippen molar-refractivity contribution >= 4 is 33.5 Å². The number of esters is 1. The van der Waals surface area contributed by atoms with Crippen molar-refractivity contribution in [2.45, 2.75) is 49.5 Å². The van der Waals surface area contributed by atoms with Gasteiger partial charge >= 0.3 is 5.97 Å². The molecule has 9 heteroatoms. The van der Waals surface area contributed by atoms with E-state index >= 15 is 0 Å². The second-order valence-electron chi connectivity index (χ2n) is 7.11. The van der Waals surface area contributed by atoms with Gasteiger partial charge in [-0.25, -0.2) is 18.4 Å². The van der Waals surface area contributed by atoms with E-state index in [1.807, 2.05) is 4.90 Å². The molecular formula is C18H23ClN2O5S. The molecule has 1 aliphatic heterocycles. The Morgan fingerprint density at radius 3 is 2.63 bits per heavy atom. The van der Waals surface area contributed by atoms with Gasteiger partial charge in [0.25, 0.3) is 5.91 Å². The third-order valence-corrected chi connectivity index (χ3v) is 6.76. The zero-order valence-electron chi connectivity index (χ0n) is 14.9. The van der Waals surface area contributed by atoms with Gasteiger partial charge in [0.05, 0.1) is 10.6 Å². The topological polar surface area (TPSA) is 107 Å². The lowest BCUT2D eigenvalue weighted by Gasteiger charge is -2.44. The van der Waals surface area contributed by atoms with Crippen molar-refractivity contribution in [3.63, 3.8) is 0 Å². The van der Waals surface area contributed by atoms with Crippen LogP contribution in [-0.2, 0) is 19.6 Å². The lowest BCUT2D eigenvalue weighted by Crippen LogP contribution is -2.50. The minimum Gasteiger partial charge on any atom is -0.452 e. The molecular weight excluding hydrogens is 392 g/mol. The normalized spacial score (nSPS) is 22.8. The summed E-state index contributed by atoms with van der Waals surface area (Å²) in [5, 5.41) is 5.00. The fraction of sp³-hybridized carbons (Fsp3) is 0.556. The Balaban J connectivity index is 1.64. The molecule has 7 nitrogen and oxygen atoms in total. The number of piperidine rings is 1. The number of carbonyl (C=O) groups excluding carboxylic acids is 2. The molecule has 1 aliphatic carbocycles. The zero-order valence-corrected chi connectivity index (χ0v) is 16.5. The first kappa shape index (κ1) is 20.1. The molecule has 1 saturated heterocycles. The molecule has 0 spiro atoms. The molecule has 27 heavy (non-hydrogen) atoms. The van der Waals surface area contributed by atoms with Crippen LogP contribution in [0.2, 0.25) is 5.02 Å². The van der Waals surface area contributed by atoms with E-state index in [4.69, 9.17) is 21.5 Å². The Bertz CT molecular complexity index is 840. The predicted molar refractivity (Wildman–Crippen MR) is 99.8 cm³/mol. The Labute approximate surface area is 163 Å². The number of likely N-dealkylation sites (tertiary alicyclic amines) is 1. The second kappa shape index (κ2) is 8.16. The highest BCUT2D eigenvalue weighted by molar-refractivity contribution is 7.89. The van der Waals surface area contributed by atoms with Gasteiger partial charge in [-0.1, -0.05) is 24.4 Å². The maximum Gasteiger partial charge on any atom is 0.338 e. The summed E-state index contributed by atoms with van der Waals surface area (Å²) >= 11 is 5.81. The van der Waals surface area contributed by atoms with Crippen LogP contribution in [0.4, 0.5) is 0 Å². The summed E-state index contributed by atoms with van der Waals surface area (Å²) in [7, 11) is -4.07. The minimum absolute atomic E-state index is 0.0228. The van der Waals surface area contributed by atoms with Crippen LogP contribution in [0.15, 0.2) is 23.1 Å². The molecule has 1 heterocycles. The molecule has 2 aliphatic rings. The van der Waals surface area contributed by atoms with E-state index in [-0.39, 0.29) is 34.0 Å². The molecule has 1 amide bonds. The maximum absolute atomic E-state index is 12.6. The molecule has 3 rings (SSSR count). The van der Waals surface area contributed by atoms with Gasteiger partial charge in [-0.15, -0.1) is 0 Å². The summed E-state index contributed by atoms with van der Waals surface area (Å²) in [6.07, 6.45) is 6.59. The molecule has 0 radical (unpaired) electrons. The Morgan fingerprint density at radius 2 is 1.89 bits per heavy atom. The first-order valence-corrected chi connectivity index (χ1v) is 11.0. The maximum atomic E-state index is 12.6. The van der Waals surface area contributed by atoms with Gasteiger partial charge < -0.3 is 9.64 Å². The number of fused-ring (bicyclic) bond motifs is 1. The summed E-state index contributed by atoms with van der Waals surface area (Å²) in [6.45, 7) is 0.323. The second-order valence-corrected chi connectivity index (χ2v) is 9.04. The molecule has 148 valence electrons. The van der Waals surface area contributed by atoms with Gasteiger partial charge in [0.2, 0.25) is 10.0 Å². The predicted octanol–water partition coefficient (Wildman–Crippen LogP) is 2.33. The molecule has 1 saturated carbocycles. The number of hydrogen-bond donors (Lipinski definition) is 1. The van der Waals surface area contributed by atoms with Crippen LogP contribution >= 0.6 is 11.6 Å². The van der Waals surface area contributed by atoms with Crippen LogP contribution in [0.25, 0.3) is 0 Å². The van der Waals surface area contributed by atoms with Crippen LogP contribution in [0.1, 0.15) is 48.9 Å². The molecule has 0 aromatic heterocycles. The summed E-state index contributed by atoms with van der Waals surface area (Å²) in [4.78, 5) is 26.3. The smallest absolute Gasteiger partial charge is 0.338 e. The van der Waals surface area contributed by atoms with Crippen LogP contribution < -0.4 is 5.14 Å². The standard InChI is InChI=1S/C18H23ClN2O5S/c19-14-8-7-13(10-16(14)27(20,24)25)18(23)26-11-17(22)21-9-3-5-12-4-1-2-6-15(12)21/h7-8,10,12,15H,1-6,9,11H2,(H2,20,24,25)/t12-,15-/m0/s1. The van der Waals surface area contributed by atoms with E-state index in [0.717, 1.165) is 38.2 Å². The van der Waals surface area contributed by atoms with Crippen molar-refractivity contribution in [1.82, 2.24) is 4.90 Å². The number of benzene rings is 1. The molecule has 1 aromatic carbocycles. The molecule has 1 aromatic rings. The summed E-state index contributed by atoms with van der Waals surface area (Å²) in [5.41, 5.74) is -0.0228. The van der Waals surface area contributed by atoms with Crippen molar-refractivity contribution in [3.8, 4) is 0 Å². The van der Waals surface area contributed by atoms with Gasteiger partial charge in [-0.05, 0) is 49.8 Å². The van der Waals surface area contributed by atoms with E-state index in [2.05, 4.69) is 0 Å². The van der Waals surface area contributed by atoms with E-state index < -0.39 is 16.0 Å². The molecule has 0 bridgehead atoms. The molecule has 2 N–H and O–H groups in total. The zero-order chi connectivity index (χ0) is 19.6. The number of nitrogens with two attached hydrogens (primary N) is 1. The van der Waals surface area contributed by atoms with Gasteiger partial charge in [0.1, 0.15) is 4.90 Å². The minimum atomic E-state index is -4.07. The first-order chi connectivity index (χ1) is 12.8. The van der Waals surface area contributed by atoms with Crippen molar-refractivity contribution < 1.29 is 22.7 Å². The van der Waals surface area contributed by atoms with E-state index in [9.17, 15) is 18.0 Å². The Morgan fingerprint density at radius 1 is 1.19 bits per heavy atom. The number of halogens is 1. The van der Waals surface area contributed by atoms with Gasteiger partial charge in [-0.2, -0.15) is 0 Å². The Hall–Kier alpha value is -1.64. The third kappa shape index (κ3) is 4.62. The highest BCUT2D eigenvalue weighted by Gasteiger charge is 2.35. The van der Waals surface area contributed by atoms with E-state index in [1.165, 1.54) is 18.6 Å². The van der Waals surface area contributed by atoms with Crippen molar-refractivity contribution in [2.75, 3.05) is 13.2 Å². The van der Waals surface area contributed by atoms with Crippen molar-refractivity contribution in [3.05, 3.63) is 28.8 Å². The first-order valence-electron chi connectivity index (χ1n) is 9.06. The van der Waals surface area contributed by atoms with Gasteiger partial charge in [0.15, 0.2) is 6.61 Å². The highest BCUT2D eigenvalue weighted by atomic mass is 35.5. The number of rotatable bonds is 4. The summed E-state index contributed by atoms with van der Waals surface area (Å²) < 4.78 is 28.2. The van der Waals surface area contributed by atoms with Crippen molar-refractivity contribution in [2.24, 2.45) is 11.1 Å². The van der Waals surface area contributed by atoms with E-state index in [0.29, 0.717) is 12.5 Å². The number of hydrogen-bond acceptors (Lipinski definition) is 5. The van der Waals surface area contributed by atoms with Crippen LogP contribution in [0, 0.1) is 5.92 Å². The largest absolute Gasteiger partial charge is 0.452 e. The van der Waals surface area contributed by atoms with Gasteiger partial charge in [0, 0.05) is 12.6 Å². The quantitative estimate of drug-likeness (QED) is 0.761. The molecule has 0 unspecified atom stereocenters. The number of nitrogens with zero attached hydrogens (tertiary/aromatic N) is 1. The monoisotopic (exact) mass is 414 g/mol. The number of ether oxygens (including phenoxy) is 1. The van der Waals surface area contributed by atoms with Crippen LogP contribution in [0.5, 0.6) is 0 Å². The molecule has 2 atom stereocenters. The average Bonchev–Trinajstić information content (AvgIpc) is 2.64. The number of carbonyl (C=O) groups is 2. The third-order valence-electron chi connectivity index (χ3n) is 5.36. The number of amides is 1. The lowest BCUT2D eigenvalue weighted by molar-refractivity contribution is -0.140. The highest BCUT2D eigenvalue weighted by Crippen LogP contribution is 2.35. The number of sulfonamides is 1. The van der Waals surface area contributed by atoms with Crippen LogP contribution in [0.3, 0.4) is 0 Å². The molecule has 2 fully saturated rings. The fourth-order valence-electron chi connectivity index (χ4n) is 4.08. The average molecular weight is 415 g/mol. The lowest BCUT2D eigenvalue weighted by atomic mass is 9.78. The van der Waals surface area contributed by atoms with Gasteiger partial charge in [-0.3, -0.25) is 4.79 Å². The summed E-state index contributed by atoms with van der Waals surface area (Å²) in [6, 6.07) is 3.89. The SMILES string of the molecule is NS(=O)(=O)c1cc(C(=O)OCC(=O)N2CCC[C@@H]3CCCC[C@@H]32)ccc1Cl. The van der Waals surface area contributed by atoms with E-state index in [1.54, 1.807) is 0 Å². The summed E-state index contributed by atoms with van der Waals surface area (Å²) in [5.74, 6) is -0.455.